The van der Waals surface area contributed by atoms with Crippen LogP contribution in [0.2, 0.25) is 0 Å². The van der Waals surface area contributed by atoms with Crippen LogP contribution in [0.4, 0.5) is 0 Å². The topological polar surface area (TPSA) is 89.2 Å². The lowest BCUT2D eigenvalue weighted by Crippen LogP contribution is -2.48. The van der Waals surface area contributed by atoms with Crippen molar-refractivity contribution in [3.63, 3.8) is 0 Å². The molecular formula is C11H23IN4O3. The second kappa shape index (κ2) is 10.2. The number of guanidine groups is 1. The van der Waals surface area contributed by atoms with Crippen molar-refractivity contribution in [3.05, 3.63) is 0 Å². The molecule has 7 nitrogen and oxygen atoms in total. The van der Waals surface area contributed by atoms with Gasteiger partial charge in [-0.1, -0.05) is 0 Å². The van der Waals surface area contributed by atoms with Crippen molar-refractivity contribution in [1.29, 1.82) is 0 Å². The zero-order valence-electron chi connectivity index (χ0n) is 11.4. The van der Waals surface area contributed by atoms with Crippen molar-refractivity contribution in [2.24, 2.45) is 10.7 Å². The summed E-state index contributed by atoms with van der Waals surface area (Å²) in [4.78, 5) is 17.4. The number of rotatable bonds is 5. The first-order valence-electron chi connectivity index (χ1n) is 6.05. The zero-order valence-corrected chi connectivity index (χ0v) is 13.8. The van der Waals surface area contributed by atoms with E-state index in [1.807, 2.05) is 11.8 Å². The van der Waals surface area contributed by atoms with Crippen molar-refractivity contribution < 1.29 is 14.3 Å². The molecule has 1 amide bonds. The molecule has 1 saturated heterocycles. The maximum absolute atomic E-state index is 11.4. The predicted octanol–water partition coefficient (Wildman–Crippen LogP) is -0.598. The average Bonchev–Trinajstić information content (AvgIpc) is 2.36. The number of hydrogen-bond donors (Lipinski definition) is 2. The van der Waals surface area contributed by atoms with Crippen LogP contribution in [0.5, 0.6) is 0 Å². The number of nitrogens with zero attached hydrogens (tertiary/aromatic N) is 2. The smallest absolute Gasteiger partial charge is 0.241 e. The van der Waals surface area contributed by atoms with Crippen LogP contribution in [0.1, 0.15) is 6.92 Å². The summed E-state index contributed by atoms with van der Waals surface area (Å²) in [5.74, 6) is 0.239. The second-order valence-corrected chi connectivity index (χ2v) is 4.14. The standard InChI is InChI=1S/C11H22N4O3.HI/c1-9-8-15(4-6-18-9)11(12)14-7-10(16)13-3-5-17-2;/h9H,3-8H2,1-2H3,(H2,12,14)(H,13,16);1H. The monoisotopic (exact) mass is 386 g/mol. The van der Waals surface area contributed by atoms with E-state index in [1.54, 1.807) is 7.11 Å². The van der Waals surface area contributed by atoms with Gasteiger partial charge in [0.2, 0.25) is 5.91 Å². The van der Waals surface area contributed by atoms with Crippen LogP contribution in [0.25, 0.3) is 0 Å². The fourth-order valence-electron chi connectivity index (χ4n) is 1.63. The molecule has 0 aromatic rings. The Labute approximate surface area is 130 Å². The van der Waals surface area contributed by atoms with Crippen LogP contribution < -0.4 is 11.1 Å². The molecule has 1 unspecified atom stereocenters. The summed E-state index contributed by atoms with van der Waals surface area (Å²) in [5.41, 5.74) is 5.83. The molecule has 0 spiro atoms. The molecule has 0 radical (unpaired) electrons. The normalized spacial score (nSPS) is 19.8. The maximum atomic E-state index is 11.4. The van der Waals surface area contributed by atoms with Crippen molar-refractivity contribution in [1.82, 2.24) is 10.2 Å². The number of amides is 1. The number of nitrogens with two attached hydrogens (primary N) is 1. The first-order chi connectivity index (χ1) is 8.63. The van der Waals surface area contributed by atoms with Crippen LogP contribution in [0.3, 0.4) is 0 Å². The molecule has 112 valence electrons. The lowest BCUT2D eigenvalue weighted by Gasteiger charge is -2.31. The predicted molar refractivity (Wildman–Crippen MR) is 83.8 cm³/mol. The maximum Gasteiger partial charge on any atom is 0.241 e. The van der Waals surface area contributed by atoms with Gasteiger partial charge in [0.1, 0.15) is 6.54 Å². The van der Waals surface area contributed by atoms with Gasteiger partial charge in [0.05, 0.1) is 19.3 Å². The minimum absolute atomic E-state index is 0. The number of methoxy groups -OCH3 is 1. The van der Waals surface area contributed by atoms with E-state index in [-0.39, 0.29) is 42.5 Å². The van der Waals surface area contributed by atoms with Gasteiger partial charge in [-0.15, -0.1) is 24.0 Å². The third-order valence-corrected chi connectivity index (χ3v) is 2.58. The molecule has 19 heavy (non-hydrogen) atoms. The lowest BCUT2D eigenvalue weighted by molar-refractivity contribution is -0.119. The number of carbonyl (C=O) groups is 1. The van der Waals surface area contributed by atoms with Crippen molar-refractivity contribution in [3.8, 4) is 0 Å². The molecule has 0 bridgehead atoms. The molecule has 1 fully saturated rings. The number of nitrogens with one attached hydrogen (secondary N) is 1. The Morgan fingerprint density at radius 1 is 1.63 bits per heavy atom. The Bertz CT molecular complexity index is 302. The minimum atomic E-state index is -0.156. The second-order valence-electron chi connectivity index (χ2n) is 4.14. The van der Waals surface area contributed by atoms with E-state index < -0.39 is 0 Å². The number of halogens is 1. The van der Waals surface area contributed by atoms with Gasteiger partial charge in [0, 0.05) is 26.7 Å². The van der Waals surface area contributed by atoms with Gasteiger partial charge in [-0.25, -0.2) is 4.99 Å². The van der Waals surface area contributed by atoms with Crippen molar-refractivity contribution in [2.45, 2.75) is 13.0 Å². The van der Waals surface area contributed by atoms with E-state index in [9.17, 15) is 4.79 Å². The largest absolute Gasteiger partial charge is 0.383 e. The van der Waals surface area contributed by atoms with E-state index in [4.69, 9.17) is 15.2 Å². The minimum Gasteiger partial charge on any atom is -0.383 e. The molecule has 1 atom stereocenters. The fraction of sp³-hybridized carbons (Fsp3) is 0.818. The van der Waals surface area contributed by atoms with E-state index in [0.717, 1.165) is 0 Å². The summed E-state index contributed by atoms with van der Waals surface area (Å²) < 4.78 is 10.2. The number of ether oxygens (including phenoxy) is 2. The van der Waals surface area contributed by atoms with Crippen LogP contribution in [-0.4, -0.2) is 69.4 Å². The van der Waals surface area contributed by atoms with E-state index in [0.29, 0.717) is 38.8 Å². The Kier molecular flexibility index (Phi) is 9.88. The van der Waals surface area contributed by atoms with Gasteiger partial charge < -0.3 is 25.4 Å². The summed E-state index contributed by atoms with van der Waals surface area (Å²) in [6.45, 7) is 5.06. The summed E-state index contributed by atoms with van der Waals surface area (Å²) in [5, 5.41) is 2.68. The molecule has 8 heteroatoms. The summed E-state index contributed by atoms with van der Waals surface area (Å²) in [6, 6.07) is 0. The summed E-state index contributed by atoms with van der Waals surface area (Å²) in [7, 11) is 1.59. The van der Waals surface area contributed by atoms with Crippen LogP contribution in [0.15, 0.2) is 4.99 Å². The Morgan fingerprint density at radius 3 is 3.00 bits per heavy atom. The first-order valence-corrected chi connectivity index (χ1v) is 6.05. The highest BCUT2D eigenvalue weighted by Crippen LogP contribution is 2.03. The summed E-state index contributed by atoms with van der Waals surface area (Å²) in [6.07, 6.45) is 0.142. The van der Waals surface area contributed by atoms with Crippen LogP contribution >= 0.6 is 24.0 Å². The molecule has 0 aromatic carbocycles. The molecule has 1 aliphatic rings. The molecule has 3 N–H and O–H groups in total. The summed E-state index contributed by atoms with van der Waals surface area (Å²) >= 11 is 0. The highest BCUT2D eigenvalue weighted by atomic mass is 127. The van der Waals surface area contributed by atoms with Crippen LogP contribution in [-0.2, 0) is 14.3 Å². The third kappa shape index (κ3) is 7.53. The molecule has 0 aliphatic carbocycles. The van der Waals surface area contributed by atoms with Crippen LogP contribution in [0, 0.1) is 0 Å². The molecule has 1 heterocycles. The highest BCUT2D eigenvalue weighted by Gasteiger charge is 2.18. The quantitative estimate of drug-likeness (QED) is 0.285. The molecule has 0 aromatic heterocycles. The Balaban J connectivity index is 0.00000324. The van der Waals surface area contributed by atoms with E-state index in [2.05, 4.69) is 10.3 Å². The number of carbonyl (C=O) groups excluding carboxylic acids is 1. The molecule has 0 saturated carbocycles. The number of hydrogen-bond acceptors (Lipinski definition) is 4. The van der Waals surface area contributed by atoms with Gasteiger partial charge in [-0.2, -0.15) is 0 Å². The van der Waals surface area contributed by atoms with Gasteiger partial charge in [0.25, 0.3) is 0 Å². The van der Waals surface area contributed by atoms with Gasteiger partial charge in [-0.3, -0.25) is 4.79 Å². The third-order valence-electron chi connectivity index (χ3n) is 2.58. The lowest BCUT2D eigenvalue weighted by atomic mass is 10.3. The SMILES string of the molecule is COCCNC(=O)CN=C(N)N1CCOC(C)C1.I. The van der Waals surface area contributed by atoms with E-state index >= 15 is 0 Å². The van der Waals surface area contributed by atoms with Gasteiger partial charge >= 0.3 is 0 Å². The van der Waals surface area contributed by atoms with E-state index in [1.165, 1.54) is 0 Å². The van der Waals surface area contributed by atoms with Crippen molar-refractivity contribution >= 4 is 35.8 Å². The average molecular weight is 386 g/mol. The van der Waals surface area contributed by atoms with Crippen molar-refractivity contribution in [2.75, 3.05) is 46.5 Å². The van der Waals surface area contributed by atoms with Gasteiger partial charge in [-0.05, 0) is 6.92 Å². The van der Waals surface area contributed by atoms with Gasteiger partial charge in [0.15, 0.2) is 5.96 Å². The fourth-order valence-corrected chi connectivity index (χ4v) is 1.63. The molecule has 1 aliphatic heterocycles. The Hall–Kier alpha value is -0.610. The first kappa shape index (κ1) is 18.4. The Morgan fingerprint density at radius 2 is 2.37 bits per heavy atom. The molecular weight excluding hydrogens is 363 g/mol. The molecule has 1 rings (SSSR count). The number of morpholine rings is 1. The number of aliphatic imine (C=N–C) groups is 1. The highest BCUT2D eigenvalue weighted by molar-refractivity contribution is 14.0. The zero-order chi connectivity index (χ0) is 13.4.